The molecule has 0 aliphatic carbocycles. The van der Waals surface area contributed by atoms with Crippen molar-refractivity contribution in [2.45, 2.75) is 13.1 Å². The van der Waals surface area contributed by atoms with Crippen LogP contribution in [0.1, 0.15) is 11.1 Å². The van der Waals surface area contributed by atoms with Gasteiger partial charge in [0.25, 0.3) is 0 Å². The number of benzene rings is 1. The highest BCUT2D eigenvalue weighted by Crippen LogP contribution is 2.14. The Morgan fingerprint density at radius 1 is 1.22 bits per heavy atom. The number of nitrogens with zero attached hydrogens (tertiary/aromatic N) is 3. The average Bonchev–Trinajstić information content (AvgIpc) is 2.65. The van der Waals surface area contributed by atoms with E-state index in [0.29, 0.717) is 25.6 Å². The summed E-state index contributed by atoms with van der Waals surface area (Å²) in [5.74, 6) is 1.39. The number of aromatic nitrogens is 1. The first-order chi connectivity index (χ1) is 12.6. The van der Waals surface area contributed by atoms with Crippen molar-refractivity contribution >= 4 is 41.5 Å². The number of rotatable bonds is 8. The number of guanidine groups is 1. The summed E-state index contributed by atoms with van der Waals surface area (Å²) in [7, 11) is 5.40. The molecule has 0 bridgehead atoms. The van der Waals surface area contributed by atoms with Crippen LogP contribution >= 0.6 is 35.6 Å². The van der Waals surface area contributed by atoms with Crippen LogP contribution in [-0.4, -0.2) is 50.3 Å². The molecule has 8 heteroatoms. The van der Waals surface area contributed by atoms with Gasteiger partial charge < -0.3 is 19.7 Å². The predicted octanol–water partition coefficient (Wildman–Crippen LogP) is 3.59. The van der Waals surface area contributed by atoms with E-state index in [0.717, 1.165) is 28.7 Å². The Balaban J connectivity index is 0.00000364. The lowest BCUT2D eigenvalue weighted by atomic mass is 10.2. The van der Waals surface area contributed by atoms with Gasteiger partial charge in [0.05, 0.1) is 6.61 Å². The maximum absolute atomic E-state index is 5.94. The number of hydrogen-bond acceptors (Lipinski definition) is 4. The lowest BCUT2D eigenvalue weighted by molar-refractivity contribution is 0.143. The average molecular weight is 505 g/mol. The molecule has 27 heavy (non-hydrogen) atoms. The van der Waals surface area contributed by atoms with Gasteiger partial charge in [0.1, 0.15) is 6.61 Å². The van der Waals surface area contributed by atoms with Gasteiger partial charge in [0, 0.05) is 51.1 Å². The van der Waals surface area contributed by atoms with E-state index in [1.165, 1.54) is 0 Å². The summed E-state index contributed by atoms with van der Waals surface area (Å²) in [4.78, 5) is 10.7. The quantitative estimate of drug-likeness (QED) is 0.258. The topological polar surface area (TPSA) is 59.0 Å². The minimum atomic E-state index is 0. The minimum Gasteiger partial charge on any atom is -0.475 e. The Morgan fingerprint density at radius 3 is 2.63 bits per heavy atom. The maximum Gasteiger partial charge on any atom is 0.218 e. The van der Waals surface area contributed by atoms with Gasteiger partial charge in [-0.25, -0.2) is 4.98 Å². The monoisotopic (exact) mass is 504 g/mol. The highest BCUT2D eigenvalue weighted by molar-refractivity contribution is 14.0. The van der Waals surface area contributed by atoms with E-state index in [1.54, 1.807) is 20.4 Å². The molecule has 0 atom stereocenters. The summed E-state index contributed by atoms with van der Waals surface area (Å²) >= 11 is 5.94. The van der Waals surface area contributed by atoms with Crippen LogP contribution in [0.3, 0.4) is 0 Å². The first-order valence-electron chi connectivity index (χ1n) is 8.36. The number of pyridine rings is 1. The standard InChI is InChI=1S/C19H25ClN4O2.HI/c1-21-19(24(2)14-15-6-8-17(20)9-7-15)23-13-16-5-4-10-22-18(16)26-12-11-25-3;/h4-10H,11-14H2,1-3H3,(H,21,23);1H. The van der Waals surface area contributed by atoms with Crippen molar-refractivity contribution in [2.24, 2.45) is 4.99 Å². The Labute approximate surface area is 183 Å². The smallest absolute Gasteiger partial charge is 0.218 e. The fourth-order valence-electron chi connectivity index (χ4n) is 2.41. The number of halogens is 2. The van der Waals surface area contributed by atoms with Crippen LogP contribution in [0.4, 0.5) is 0 Å². The van der Waals surface area contributed by atoms with E-state index in [2.05, 4.69) is 15.3 Å². The molecule has 1 heterocycles. The van der Waals surface area contributed by atoms with Crippen LogP contribution in [0.2, 0.25) is 5.02 Å². The van der Waals surface area contributed by atoms with Gasteiger partial charge in [-0.15, -0.1) is 24.0 Å². The van der Waals surface area contributed by atoms with Crippen LogP contribution in [0.5, 0.6) is 5.88 Å². The fourth-order valence-corrected chi connectivity index (χ4v) is 2.53. The second-order valence-corrected chi connectivity index (χ2v) is 6.13. The van der Waals surface area contributed by atoms with Gasteiger partial charge in [-0.2, -0.15) is 0 Å². The van der Waals surface area contributed by atoms with Crippen molar-refractivity contribution in [3.05, 3.63) is 58.7 Å². The molecule has 0 aliphatic heterocycles. The molecule has 1 aromatic carbocycles. The highest BCUT2D eigenvalue weighted by Gasteiger charge is 2.09. The van der Waals surface area contributed by atoms with Gasteiger partial charge in [0.15, 0.2) is 5.96 Å². The van der Waals surface area contributed by atoms with Crippen molar-refractivity contribution in [2.75, 3.05) is 34.4 Å². The predicted molar refractivity (Wildman–Crippen MR) is 120 cm³/mol. The number of aliphatic imine (C=N–C) groups is 1. The molecule has 0 spiro atoms. The normalized spacial score (nSPS) is 10.9. The van der Waals surface area contributed by atoms with Gasteiger partial charge >= 0.3 is 0 Å². The Bertz CT molecular complexity index is 713. The lowest BCUT2D eigenvalue weighted by Gasteiger charge is -2.22. The van der Waals surface area contributed by atoms with E-state index < -0.39 is 0 Å². The third kappa shape index (κ3) is 7.90. The molecule has 0 fully saturated rings. The molecule has 6 nitrogen and oxygen atoms in total. The number of nitrogens with one attached hydrogen (secondary N) is 1. The third-order valence-electron chi connectivity index (χ3n) is 3.72. The minimum absolute atomic E-state index is 0. The van der Waals surface area contributed by atoms with Crippen molar-refractivity contribution in [3.63, 3.8) is 0 Å². The summed E-state index contributed by atoms with van der Waals surface area (Å²) in [6, 6.07) is 11.7. The molecule has 1 aromatic heterocycles. The zero-order valence-electron chi connectivity index (χ0n) is 15.8. The zero-order valence-corrected chi connectivity index (χ0v) is 18.9. The largest absolute Gasteiger partial charge is 0.475 e. The van der Waals surface area contributed by atoms with Crippen LogP contribution in [-0.2, 0) is 17.8 Å². The van der Waals surface area contributed by atoms with Crippen molar-refractivity contribution in [1.29, 1.82) is 0 Å². The summed E-state index contributed by atoms with van der Waals surface area (Å²) in [5.41, 5.74) is 2.12. The van der Waals surface area contributed by atoms with Gasteiger partial charge in [-0.05, 0) is 23.8 Å². The first-order valence-corrected chi connectivity index (χ1v) is 8.73. The molecule has 0 radical (unpaired) electrons. The molecule has 0 unspecified atom stereocenters. The maximum atomic E-state index is 5.94. The molecule has 0 aliphatic rings. The molecular weight excluding hydrogens is 479 g/mol. The summed E-state index contributed by atoms with van der Waals surface area (Å²) < 4.78 is 10.7. The fraction of sp³-hybridized carbons (Fsp3) is 0.368. The van der Waals surface area contributed by atoms with Crippen molar-refractivity contribution in [3.8, 4) is 5.88 Å². The third-order valence-corrected chi connectivity index (χ3v) is 3.97. The summed E-state index contributed by atoms with van der Waals surface area (Å²) in [6.45, 7) is 2.27. The van der Waals surface area contributed by atoms with Gasteiger partial charge in [-0.1, -0.05) is 29.8 Å². The van der Waals surface area contributed by atoms with E-state index in [-0.39, 0.29) is 24.0 Å². The van der Waals surface area contributed by atoms with Gasteiger partial charge in [-0.3, -0.25) is 4.99 Å². The number of hydrogen-bond donors (Lipinski definition) is 1. The van der Waals surface area contributed by atoms with Crippen molar-refractivity contribution in [1.82, 2.24) is 15.2 Å². The molecule has 2 rings (SSSR count). The Morgan fingerprint density at radius 2 is 1.96 bits per heavy atom. The van der Waals surface area contributed by atoms with E-state index in [4.69, 9.17) is 21.1 Å². The second-order valence-electron chi connectivity index (χ2n) is 5.69. The number of ether oxygens (including phenoxy) is 2. The molecule has 0 saturated carbocycles. The van der Waals surface area contributed by atoms with E-state index in [1.807, 2.05) is 48.3 Å². The summed E-state index contributed by atoms with van der Waals surface area (Å²) in [6.07, 6.45) is 1.72. The first kappa shape index (κ1) is 23.5. The number of methoxy groups -OCH3 is 1. The van der Waals surface area contributed by atoms with Crippen LogP contribution < -0.4 is 10.1 Å². The van der Waals surface area contributed by atoms with Crippen molar-refractivity contribution < 1.29 is 9.47 Å². The Kier molecular flexibility index (Phi) is 11.1. The molecule has 0 saturated heterocycles. The summed E-state index contributed by atoms with van der Waals surface area (Å²) in [5, 5.41) is 4.08. The lowest BCUT2D eigenvalue weighted by Crippen LogP contribution is -2.38. The van der Waals surface area contributed by atoms with E-state index in [9.17, 15) is 0 Å². The second kappa shape index (κ2) is 12.7. The highest BCUT2D eigenvalue weighted by atomic mass is 127. The molecule has 1 N–H and O–H groups in total. The molecule has 0 amide bonds. The Hall–Kier alpha value is -1.58. The van der Waals surface area contributed by atoms with Crippen LogP contribution in [0.15, 0.2) is 47.6 Å². The molecule has 148 valence electrons. The molecular formula is C19H26ClIN4O2. The van der Waals surface area contributed by atoms with Crippen LogP contribution in [0, 0.1) is 0 Å². The van der Waals surface area contributed by atoms with Gasteiger partial charge in [0.2, 0.25) is 5.88 Å². The van der Waals surface area contributed by atoms with Crippen LogP contribution in [0.25, 0.3) is 0 Å². The SMILES string of the molecule is CN=C(NCc1cccnc1OCCOC)N(C)Cc1ccc(Cl)cc1.I. The zero-order chi connectivity index (χ0) is 18.8. The molecule has 2 aromatic rings. The van der Waals surface area contributed by atoms with E-state index >= 15 is 0 Å².